The molecule has 0 radical (unpaired) electrons. The number of nitrogens with zero attached hydrogens (tertiary/aromatic N) is 2. The number of imidazole rings is 1. The lowest BCUT2D eigenvalue weighted by Gasteiger charge is -2.23. The van der Waals surface area contributed by atoms with E-state index in [1.165, 1.54) is 30.6 Å². The molecule has 0 amide bonds. The lowest BCUT2D eigenvalue weighted by molar-refractivity contribution is 0.508. The summed E-state index contributed by atoms with van der Waals surface area (Å²) in [5, 5.41) is 0.711. The second kappa shape index (κ2) is 5.32. The van der Waals surface area contributed by atoms with E-state index < -0.39 is 0 Å². The van der Waals surface area contributed by atoms with E-state index in [1.54, 1.807) is 0 Å². The van der Waals surface area contributed by atoms with Gasteiger partial charge in [-0.3, -0.25) is 0 Å². The monoisotopic (exact) mass is 289 g/mol. The largest absolute Gasteiger partial charge is 0.399 e. The van der Waals surface area contributed by atoms with Gasteiger partial charge in [0.25, 0.3) is 0 Å². The zero-order valence-electron chi connectivity index (χ0n) is 12.5. The first kappa shape index (κ1) is 13.8. The van der Waals surface area contributed by atoms with Gasteiger partial charge >= 0.3 is 0 Å². The average molecular weight is 289 g/mol. The fourth-order valence-corrected chi connectivity index (χ4v) is 4.34. The van der Waals surface area contributed by atoms with Crippen LogP contribution in [0.3, 0.4) is 0 Å². The average Bonchev–Trinajstić information content (AvgIpc) is 3.00. The summed E-state index contributed by atoms with van der Waals surface area (Å²) in [5.74, 6) is 1.64. The maximum atomic E-state index is 5.91. The van der Waals surface area contributed by atoms with Gasteiger partial charge in [-0.2, -0.15) is 11.8 Å². The van der Waals surface area contributed by atoms with Crippen molar-refractivity contribution in [2.24, 2.45) is 0 Å². The molecule has 1 aromatic carbocycles. The predicted molar refractivity (Wildman–Crippen MR) is 88.4 cm³/mol. The highest BCUT2D eigenvalue weighted by molar-refractivity contribution is 7.99. The predicted octanol–water partition coefficient (Wildman–Crippen LogP) is 4.20. The van der Waals surface area contributed by atoms with Crippen LogP contribution in [0.2, 0.25) is 0 Å². The van der Waals surface area contributed by atoms with Crippen molar-refractivity contribution in [3.63, 3.8) is 0 Å². The molecule has 0 bridgehead atoms. The lowest BCUT2D eigenvalue weighted by Crippen LogP contribution is -2.18. The van der Waals surface area contributed by atoms with Crippen LogP contribution in [0.15, 0.2) is 18.2 Å². The second-order valence-corrected chi connectivity index (χ2v) is 7.09. The maximum Gasteiger partial charge on any atom is 0.112 e. The van der Waals surface area contributed by atoms with E-state index in [9.17, 15) is 0 Å². The molecule has 108 valence electrons. The van der Waals surface area contributed by atoms with Crippen molar-refractivity contribution >= 4 is 28.5 Å². The number of nitrogen functional groups attached to an aromatic ring is 1. The first-order valence-electron chi connectivity index (χ1n) is 7.42. The normalized spacial score (nSPS) is 23.0. The molecule has 2 aromatic rings. The number of benzene rings is 1. The van der Waals surface area contributed by atoms with Gasteiger partial charge in [-0.25, -0.2) is 4.98 Å². The van der Waals surface area contributed by atoms with E-state index in [2.05, 4.69) is 30.7 Å². The highest BCUT2D eigenvalue weighted by atomic mass is 32.2. The summed E-state index contributed by atoms with van der Waals surface area (Å²) in [6, 6.07) is 6.71. The summed E-state index contributed by atoms with van der Waals surface area (Å²) in [4.78, 5) is 4.86. The van der Waals surface area contributed by atoms with Crippen LogP contribution in [0.25, 0.3) is 11.0 Å². The number of aromatic nitrogens is 2. The zero-order valence-corrected chi connectivity index (χ0v) is 13.3. The standard InChI is InChI=1S/C16H23N3S/c1-10(2)16-18-12-9-11(17)7-8-13(12)19(16)14-5-4-6-15(14)20-3/h7-10,14-15H,4-6,17H2,1-3H3. The van der Waals surface area contributed by atoms with E-state index in [4.69, 9.17) is 10.7 Å². The third-order valence-electron chi connectivity index (χ3n) is 4.31. The SMILES string of the molecule is CSC1CCCC1n1c(C(C)C)nc2cc(N)ccc21. The summed E-state index contributed by atoms with van der Waals surface area (Å²) in [7, 11) is 0. The molecule has 0 saturated heterocycles. The Morgan fingerprint density at radius 3 is 2.85 bits per heavy atom. The van der Waals surface area contributed by atoms with Gasteiger partial charge in [-0.05, 0) is 37.3 Å². The molecule has 2 unspecified atom stereocenters. The van der Waals surface area contributed by atoms with Crippen LogP contribution < -0.4 is 5.73 Å². The molecular weight excluding hydrogens is 266 g/mol. The Hall–Kier alpha value is -1.16. The molecule has 1 aliphatic rings. The number of nitrogens with two attached hydrogens (primary N) is 1. The number of thioether (sulfide) groups is 1. The number of fused-ring (bicyclic) bond motifs is 1. The summed E-state index contributed by atoms with van der Waals surface area (Å²) >= 11 is 2.00. The maximum absolute atomic E-state index is 5.91. The zero-order chi connectivity index (χ0) is 14.3. The van der Waals surface area contributed by atoms with E-state index >= 15 is 0 Å². The number of hydrogen-bond acceptors (Lipinski definition) is 3. The van der Waals surface area contributed by atoms with Gasteiger partial charge in [-0.15, -0.1) is 0 Å². The molecule has 3 rings (SSSR count). The molecule has 3 nitrogen and oxygen atoms in total. The van der Waals surface area contributed by atoms with Crippen LogP contribution in [0.4, 0.5) is 5.69 Å². The Labute approximate surface area is 124 Å². The van der Waals surface area contributed by atoms with Crippen LogP contribution in [0.5, 0.6) is 0 Å². The van der Waals surface area contributed by atoms with Crippen LogP contribution in [-0.4, -0.2) is 21.1 Å². The minimum Gasteiger partial charge on any atom is -0.399 e. The van der Waals surface area contributed by atoms with Gasteiger partial charge in [0.1, 0.15) is 5.82 Å². The van der Waals surface area contributed by atoms with Crippen molar-refractivity contribution in [1.29, 1.82) is 0 Å². The Balaban J connectivity index is 2.18. The Morgan fingerprint density at radius 1 is 1.35 bits per heavy atom. The van der Waals surface area contributed by atoms with E-state index in [0.717, 1.165) is 11.2 Å². The third kappa shape index (κ3) is 2.20. The molecule has 2 N–H and O–H groups in total. The highest BCUT2D eigenvalue weighted by Crippen LogP contribution is 2.41. The molecule has 4 heteroatoms. The first-order valence-corrected chi connectivity index (χ1v) is 8.70. The fourth-order valence-electron chi connectivity index (χ4n) is 3.37. The van der Waals surface area contributed by atoms with Gasteiger partial charge < -0.3 is 10.3 Å². The molecule has 1 heterocycles. The van der Waals surface area contributed by atoms with Crippen molar-refractivity contribution < 1.29 is 0 Å². The van der Waals surface area contributed by atoms with Crippen LogP contribution in [0, 0.1) is 0 Å². The highest BCUT2D eigenvalue weighted by Gasteiger charge is 2.31. The van der Waals surface area contributed by atoms with Crippen molar-refractivity contribution in [3.05, 3.63) is 24.0 Å². The van der Waals surface area contributed by atoms with Crippen LogP contribution >= 0.6 is 11.8 Å². The number of anilines is 1. The van der Waals surface area contributed by atoms with Gasteiger partial charge in [0, 0.05) is 22.9 Å². The minimum atomic E-state index is 0.437. The fraction of sp³-hybridized carbons (Fsp3) is 0.562. The molecule has 1 fully saturated rings. The van der Waals surface area contributed by atoms with E-state index in [-0.39, 0.29) is 0 Å². The summed E-state index contributed by atoms with van der Waals surface area (Å²) < 4.78 is 2.49. The van der Waals surface area contributed by atoms with Crippen LogP contribution in [-0.2, 0) is 0 Å². The molecule has 0 spiro atoms. The molecule has 20 heavy (non-hydrogen) atoms. The van der Waals surface area contributed by atoms with Crippen molar-refractivity contribution in [3.8, 4) is 0 Å². The van der Waals surface area contributed by atoms with E-state index in [1.807, 2.05) is 23.9 Å². The summed E-state index contributed by atoms with van der Waals surface area (Å²) in [6.45, 7) is 4.45. The Morgan fingerprint density at radius 2 is 2.15 bits per heavy atom. The molecule has 1 aromatic heterocycles. The van der Waals surface area contributed by atoms with Gasteiger partial charge in [0.05, 0.1) is 11.0 Å². The van der Waals surface area contributed by atoms with Gasteiger partial charge in [-0.1, -0.05) is 20.3 Å². The molecule has 1 saturated carbocycles. The smallest absolute Gasteiger partial charge is 0.112 e. The number of hydrogen-bond donors (Lipinski definition) is 1. The van der Waals surface area contributed by atoms with Crippen molar-refractivity contribution in [1.82, 2.24) is 9.55 Å². The van der Waals surface area contributed by atoms with Crippen molar-refractivity contribution in [2.75, 3.05) is 12.0 Å². The molecule has 1 aliphatic carbocycles. The van der Waals surface area contributed by atoms with Gasteiger partial charge in [0.2, 0.25) is 0 Å². The molecule has 2 atom stereocenters. The first-order chi connectivity index (χ1) is 9.61. The Bertz CT molecular complexity index is 617. The molecular formula is C16H23N3S. The third-order valence-corrected chi connectivity index (χ3v) is 5.46. The minimum absolute atomic E-state index is 0.437. The summed E-state index contributed by atoms with van der Waals surface area (Å²) in [6.07, 6.45) is 6.14. The van der Waals surface area contributed by atoms with Crippen molar-refractivity contribution in [2.45, 2.75) is 50.3 Å². The lowest BCUT2D eigenvalue weighted by atomic mass is 10.1. The quantitative estimate of drug-likeness (QED) is 0.861. The van der Waals surface area contributed by atoms with Crippen LogP contribution in [0.1, 0.15) is 50.9 Å². The molecule has 0 aliphatic heterocycles. The van der Waals surface area contributed by atoms with Gasteiger partial charge in [0.15, 0.2) is 0 Å². The summed E-state index contributed by atoms with van der Waals surface area (Å²) in [5.41, 5.74) is 9.00. The number of rotatable bonds is 3. The second-order valence-electron chi connectivity index (χ2n) is 6.02. The Kier molecular flexibility index (Phi) is 3.67. The van der Waals surface area contributed by atoms with E-state index in [0.29, 0.717) is 17.2 Å². The topological polar surface area (TPSA) is 43.8 Å².